The van der Waals surface area contributed by atoms with Gasteiger partial charge in [0.25, 0.3) is 0 Å². The molecule has 0 radical (unpaired) electrons. The van der Waals surface area contributed by atoms with Gasteiger partial charge in [0.2, 0.25) is 5.78 Å². The van der Waals surface area contributed by atoms with E-state index in [1.54, 1.807) is 18.4 Å². The number of thiophene rings is 1. The number of Topliss-reactive ketones (excluding diaryl/α,β-unsaturated/α-hetero) is 1. The summed E-state index contributed by atoms with van der Waals surface area (Å²) in [7, 11) is 1.61. The number of hydrogen-bond donors (Lipinski definition) is 0. The summed E-state index contributed by atoms with van der Waals surface area (Å²) < 4.78 is 5.81. The van der Waals surface area contributed by atoms with E-state index < -0.39 is 5.60 Å². The van der Waals surface area contributed by atoms with Gasteiger partial charge in [0.1, 0.15) is 5.00 Å². The van der Waals surface area contributed by atoms with Crippen molar-refractivity contribution >= 4 is 44.5 Å². The van der Waals surface area contributed by atoms with E-state index in [0.29, 0.717) is 24.4 Å². The molecule has 0 unspecified atom stereocenters. The number of fused-ring (bicyclic) bond motifs is 3. The first-order valence-electron chi connectivity index (χ1n) is 8.96. The Morgan fingerprint density at radius 2 is 2.04 bits per heavy atom. The third-order valence-electron chi connectivity index (χ3n) is 5.43. The lowest BCUT2D eigenvalue weighted by molar-refractivity contribution is 0.0389. The van der Waals surface area contributed by atoms with Gasteiger partial charge in [0.15, 0.2) is 11.4 Å². The molecule has 0 N–H and O–H groups in total. The SMILES string of the molecule is CO[C@@]12CCN(c3ccc4nc(C)ccc4c3)C1=Nc1sc(C)cc1C2=O. The minimum atomic E-state index is -0.985. The van der Waals surface area contributed by atoms with Crippen LogP contribution in [0.1, 0.15) is 27.3 Å². The maximum atomic E-state index is 13.3. The number of aryl methyl sites for hydroxylation is 2. The van der Waals surface area contributed by atoms with Gasteiger partial charge in [0.05, 0.1) is 11.1 Å². The number of benzene rings is 1. The highest BCUT2D eigenvalue weighted by atomic mass is 32.1. The number of ether oxygens (including phenoxy) is 1. The molecule has 0 spiro atoms. The first kappa shape index (κ1) is 16.6. The number of amidine groups is 1. The fraction of sp³-hybridized carbons (Fsp3) is 0.286. The van der Waals surface area contributed by atoms with Crippen LogP contribution in [0.15, 0.2) is 41.4 Å². The van der Waals surface area contributed by atoms with Gasteiger partial charge < -0.3 is 9.64 Å². The highest BCUT2D eigenvalue weighted by Gasteiger charge is 2.54. The Labute approximate surface area is 161 Å². The molecule has 136 valence electrons. The Hall–Kier alpha value is -2.57. The molecule has 2 aliphatic rings. The lowest BCUT2D eigenvalue weighted by atomic mass is 9.89. The van der Waals surface area contributed by atoms with E-state index in [4.69, 9.17) is 9.73 Å². The molecule has 2 aromatic heterocycles. The third kappa shape index (κ3) is 2.30. The Morgan fingerprint density at radius 3 is 2.85 bits per heavy atom. The molecule has 1 fully saturated rings. The number of carbonyl (C=O) groups is 1. The Bertz CT molecular complexity index is 1130. The molecule has 3 aromatic rings. The monoisotopic (exact) mass is 377 g/mol. The Balaban J connectivity index is 1.65. The number of aliphatic imine (C=N–C) groups is 1. The van der Waals surface area contributed by atoms with Crippen LogP contribution in [-0.2, 0) is 4.74 Å². The van der Waals surface area contributed by atoms with E-state index in [9.17, 15) is 4.79 Å². The summed E-state index contributed by atoms with van der Waals surface area (Å²) in [4.78, 5) is 25.9. The van der Waals surface area contributed by atoms with Crippen LogP contribution < -0.4 is 4.90 Å². The largest absolute Gasteiger partial charge is 0.362 e. The van der Waals surface area contributed by atoms with E-state index in [2.05, 4.69) is 22.0 Å². The molecule has 2 aliphatic heterocycles. The zero-order valence-electron chi connectivity index (χ0n) is 15.4. The number of hydrogen-bond acceptors (Lipinski definition) is 6. The van der Waals surface area contributed by atoms with Gasteiger partial charge in [-0.1, -0.05) is 6.07 Å². The minimum Gasteiger partial charge on any atom is -0.362 e. The van der Waals surface area contributed by atoms with Gasteiger partial charge in [0, 0.05) is 41.7 Å². The molecule has 27 heavy (non-hydrogen) atoms. The number of carbonyl (C=O) groups excluding carboxylic acids is 1. The first-order valence-corrected chi connectivity index (χ1v) is 9.78. The van der Waals surface area contributed by atoms with Crippen LogP contribution in [0.3, 0.4) is 0 Å². The van der Waals surface area contributed by atoms with Crippen LogP contribution in [0.4, 0.5) is 10.7 Å². The second-order valence-corrected chi connectivity index (χ2v) is 8.34. The van der Waals surface area contributed by atoms with Crippen molar-refractivity contribution in [2.75, 3.05) is 18.6 Å². The van der Waals surface area contributed by atoms with Crippen molar-refractivity contribution in [3.63, 3.8) is 0 Å². The number of pyridine rings is 1. The zero-order chi connectivity index (χ0) is 18.8. The summed E-state index contributed by atoms with van der Waals surface area (Å²) in [6.45, 7) is 4.68. The van der Waals surface area contributed by atoms with Gasteiger partial charge in [-0.2, -0.15) is 0 Å². The van der Waals surface area contributed by atoms with E-state index in [-0.39, 0.29) is 5.78 Å². The van der Waals surface area contributed by atoms with Crippen molar-refractivity contribution in [1.29, 1.82) is 0 Å². The average Bonchev–Trinajstić information content (AvgIpc) is 3.22. The molecule has 0 saturated carbocycles. The van der Waals surface area contributed by atoms with Crippen LogP contribution >= 0.6 is 11.3 Å². The summed E-state index contributed by atoms with van der Waals surface area (Å²) in [5.74, 6) is 0.721. The molecule has 0 amide bonds. The van der Waals surface area contributed by atoms with Crippen molar-refractivity contribution < 1.29 is 9.53 Å². The average molecular weight is 377 g/mol. The smallest absolute Gasteiger partial charge is 0.205 e. The van der Waals surface area contributed by atoms with Crippen molar-refractivity contribution in [2.45, 2.75) is 25.9 Å². The van der Waals surface area contributed by atoms with Crippen molar-refractivity contribution in [3.8, 4) is 0 Å². The van der Waals surface area contributed by atoms with Crippen LogP contribution in [0.25, 0.3) is 10.9 Å². The molecule has 0 bridgehead atoms. The molecule has 0 aliphatic carbocycles. The van der Waals surface area contributed by atoms with Crippen molar-refractivity contribution in [3.05, 3.63) is 52.5 Å². The lowest BCUT2D eigenvalue weighted by Gasteiger charge is -2.31. The summed E-state index contributed by atoms with van der Waals surface area (Å²) in [6, 6.07) is 12.2. The molecular formula is C21H19N3O2S. The van der Waals surface area contributed by atoms with Gasteiger partial charge in [-0.05, 0) is 44.2 Å². The maximum Gasteiger partial charge on any atom is 0.205 e. The molecule has 6 heteroatoms. The number of ketones is 1. The van der Waals surface area contributed by atoms with Crippen LogP contribution in [0.2, 0.25) is 0 Å². The predicted octanol–water partition coefficient (Wildman–Crippen LogP) is 4.43. The normalized spacial score (nSPS) is 21.4. The second kappa shape index (κ2) is 5.71. The topological polar surface area (TPSA) is 54.8 Å². The second-order valence-electron chi connectivity index (χ2n) is 7.10. The molecule has 4 heterocycles. The van der Waals surface area contributed by atoms with Crippen LogP contribution in [0, 0.1) is 13.8 Å². The van der Waals surface area contributed by atoms with Crippen molar-refractivity contribution in [1.82, 2.24) is 4.98 Å². The third-order valence-corrected chi connectivity index (χ3v) is 6.38. The number of rotatable bonds is 2. The van der Waals surface area contributed by atoms with Gasteiger partial charge >= 0.3 is 0 Å². The highest BCUT2D eigenvalue weighted by molar-refractivity contribution is 7.16. The van der Waals surface area contributed by atoms with Gasteiger partial charge in [-0.15, -0.1) is 11.3 Å². The quantitative estimate of drug-likeness (QED) is 0.663. The van der Waals surface area contributed by atoms with E-state index in [1.807, 2.05) is 38.1 Å². The molecular weight excluding hydrogens is 358 g/mol. The molecule has 1 aromatic carbocycles. The predicted molar refractivity (Wildman–Crippen MR) is 109 cm³/mol. The summed E-state index contributed by atoms with van der Waals surface area (Å²) in [5, 5.41) is 1.86. The van der Waals surface area contributed by atoms with Crippen LogP contribution in [0.5, 0.6) is 0 Å². The van der Waals surface area contributed by atoms with E-state index in [1.165, 1.54) is 0 Å². The Kier molecular flexibility index (Phi) is 3.51. The molecule has 5 nitrogen and oxygen atoms in total. The summed E-state index contributed by atoms with van der Waals surface area (Å²) in [6.07, 6.45) is 0.597. The minimum absolute atomic E-state index is 0.0231. The fourth-order valence-electron chi connectivity index (χ4n) is 4.05. The van der Waals surface area contributed by atoms with Crippen LogP contribution in [-0.4, -0.2) is 35.9 Å². The number of methoxy groups -OCH3 is 1. The Morgan fingerprint density at radius 1 is 1.19 bits per heavy atom. The zero-order valence-corrected chi connectivity index (χ0v) is 16.3. The number of anilines is 1. The molecule has 1 saturated heterocycles. The van der Waals surface area contributed by atoms with Gasteiger partial charge in [-0.3, -0.25) is 9.78 Å². The first-order chi connectivity index (χ1) is 13.0. The standard InChI is InChI=1S/C21H19N3O2S/c1-12-4-5-14-11-15(6-7-17(14)22-12)24-9-8-21(26-3)18(25)16-10-13(2)27-19(16)23-20(21)24/h4-7,10-11H,8-9H2,1-3H3/t21-/m1/s1. The molecule has 1 atom stereocenters. The lowest BCUT2D eigenvalue weighted by Crippen LogP contribution is -2.50. The summed E-state index contributed by atoms with van der Waals surface area (Å²) in [5.41, 5.74) is 2.67. The van der Waals surface area contributed by atoms with Crippen molar-refractivity contribution in [2.24, 2.45) is 4.99 Å². The van der Waals surface area contributed by atoms with E-state index in [0.717, 1.165) is 32.2 Å². The highest BCUT2D eigenvalue weighted by Crippen LogP contribution is 2.44. The molecule has 5 rings (SSSR count). The van der Waals surface area contributed by atoms with Gasteiger partial charge in [-0.25, -0.2) is 4.99 Å². The fourth-order valence-corrected chi connectivity index (χ4v) is 4.93. The summed E-state index contributed by atoms with van der Waals surface area (Å²) >= 11 is 1.55. The number of nitrogens with zero attached hydrogens (tertiary/aromatic N) is 3. The maximum absolute atomic E-state index is 13.3. The number of aromatic nitrogens is 1. The van der Waals surface area contributed by atoms with E-state index >= 15 is 0 Å².